The van der Waals surface area contributed by atoms with E-state index in [1.165, 1.54) is 37.7 Å². The number of likely N-dealkylation sites (tertiary alicyclic amines) is 1. The topological polar surface area (TPSA) is 45.2 Å². The van der Waals surface area contributed by atoms with Gasteiger partial charge in [0.25, 0.3) is 5.91 Å². The number of rotatable bonds is 6. The highest BCUT2D eigenvalue weighted by atomic mass is 35.5. The number of benzene rings is 1. The number of hydrogen-bond donors (Lipinski definition) is 1. The quantitative estimate of drug-likeness (QED) is 0.624. The highest BCUT2D eigenvalue weighted by Gasteiger charge is 2.26. The van der Waals surface area contributed by atoms with Crippen LogP contribution in [-0.4, -0.2) is 35.4 Å². The number of nitrogens with zero attached hydrogens (tertiary/aromatic N) is 2. The summed E-state index contributed by atoms with van der Waals surface area (Å²) in [7, 11) is 0. The van der Waals surface area contributed by atoms with Crippen LogP contribution in [0.25, 0.3) is 0 Å². The molecule has 1 aromatic heterocycles. The molecule has 2 heterocycles. The van der Waals surface area contributed by atoms with Gasteiger partial charge in [0.2, 0.25) is 0 Å². The summed E-state index contributed by atoms with van der Waals surface area (Å²) in [5, 5.41) is 4.05. The van der Waals surface area contributed by atoms with Gasteiger partial charge in [0.05, 0.1) is 11.3 Å². The van der Waals surface area contributed by atoms with Crippen LogP contribution in [0, 0.1) is 12.8 Å². The van der Waals surface area contributed by atoms with Gasteiger partial charge in [0, 0.05) is 29.7 Å². The fraction of sp³-hybridized carbons (Fsp3) is 0.538. The molecule has 0 bridgehead atoms. The Morgan fingerprint density at radius 1 is 1.06 bits per heavy atom. The van der Waals surface area contributed by atoms with Crippen LogP contribution in [0.2, 0.25) is 5.02 Å². The van der Waals surface area contributed by atoms with Crippen molar-refractivity contribution in [3.8, 4) is 0 Å². The molecule has 2 aliphatic rings. The fourth-order valence-corrected chi connectivity index (χ4v) is 5.23. The van der Waals surface area contributed by atoms with E-state index in [1.807, 2.05) is 37.3 Å². The Balaban J connectivity index is 1.38. The Hall–Kier alpha value is -1.91. The number of piperidine rings is 1. The molecule has 1 amide bonds. The third kappa shape index (κ3) is 5.87. The summed E-state index contributed by atoms with van der Waals surface area (Å²) in [6.07, 6.45) is 8.45. The average molecular weight is 440 g/mol. The summed E-state index contributed by atoms with van der Waals surface area (Å²) in [5.41, 5.74) is 3.92. The van der Waals surface area contributed by atoms with Crippen LogP contribution >= 0.6 is 11.6 Å². The molecule has 0 unspecified atom stereocenters. The molecule has 4 nitrogen and oxygen atoms in total. The molecule has 0 atom stereocenters. The smallest absolute Gasteiger partial charge is 0.253 e. The molecule has 1 N–H and O–H groups in total. The molecule has 1 aromatic carbocycles. The van der Waals surface area contributed by atoms with Crippen molar-refractivity contribution in [1.82, 2.24) is 15.2 Å². The number of halogens is 1. The van der Waals surface area contributed by atoms with Gasteiger partial charge in [0.1, 0.15) is 0 Å². The second kappa shape index (κ2) is 10.6. The summed E-state index contributed by atoms with van der Waals surface area (Å²) in [4.78, 5) is 20.3. The molecule has 4 rings (SSSR count). The van der Waals surface area contributed by atoms with Crippen LogP contribution in [0.1, 0.15) is 78.2 Å². The van der Waals surface area contributed by atoms with Crippen molar-refractivity contribution in [2.45, 2.75) is 64.3 Å². The third-order valence-electron chi connectivity index (χ3n) is 6.91. The maximum absolute atomic E-state index is 13.0. The highest BCUT2D eigenvalue weighted by Crippen LogP contribution is 2.31. The lowest BCUT2D eigenvalue weighted by molar-refractivity contribution is 0.0940. The summed E-state index contributed by atoms with van der Waals surface area (Å²) in [5.74, 6) is 1.01. The zero-order valence-electron chi connectivity index (χ0n) is 18.6. The number of nitrogens with one attached hydrogen (secondary N) is 1. The van der Waals surface area contributed by atoms with E-state index in [4.69, 9.17) is 16.6 Å². The SMILES string of the molecule is Cc1ccc(C(=O)NCC2CCCCC2)c(C2CCN(Cc3ccccc3Cl)CC2)n1. The molecule has 1 aliphatic heterocycles. The van der Waals surface area contributed by atoms with Crippen molar-refractivity contribution < 1.29 is 4.79 Å². The molecular formula is C26H34ClN3O. The average Bonchev–Trinajstić information content (AvgIpc) is 2.80. The van der Waals surface area contributed by atoms with Crippen molar-refractivity contribution >= 4 is 17.5 Å². The number of carbonyl (C=O) groups excluding carboxylic acids is 1. The summed E-state index contributed by atoms with van der Waals surface area (Å²) in [6, 6.07) is 12.0. The van der Waals surface area contributed by atoms with E-state index in [9.17, 15) is 4.79 Å². The Morgan fingerprint density at radius 3 is 2.55 bits per heavy atom. The number of carbonyl (C=O) groups is 1. The predicted molar refractivity (Wildman–Crippen MR) is 127 cm³/mol. The van der Waals surface area contributed by atoms with Gasteiger partial charge in [-0.05, 0) is 75.4 Å². The predicted octanol–water partition coefficient (Wildman–Crippen LogP) is 5.73. The number of aromatic nitrogens is 1. The summed E-state index contributed by atoms with van der Waals surface area (Å²) >= 11 is 6.35. The van der Waals surface area contributed by atoms with E-state index >= 15 is 0 Å². The standard InChI is InChI=1S/C26H34ClN3O/c1-19-11-12-23(26(31)28-17-20-7-3-2-4-8-20)25(29-19)21-13-15-30(16-14-21)18-22-9-5-6-10-24(22)27/h5-6,9-12,20-21H,2-4,7-8,13-18H2,1H3,(H,28,31). The van der Waals surface area contributed by atoms with Gasteiger partial charge in [-0.15, -0.1) is 0 Å². The molecule has 0 spiro atoms. The van der Waals surface area contributed by atoms with Crippen LogP contribution in [0.4, 0.5) is 0 Å². The minimum atomic E-state index is 0.0478. The largest absolute Gasteiger partial charge is 0.352 e. The third-order valence-corrected chi connectivity index (χ3v) is 7.28. The first-order chi connectivity index (χ1) is 15.1. The Morgan fingerprint density at radius 2 is 1.81 bits per heavy atom. The molecule has 2 aromatic rings. The first-order valence-electron chi connectivity index (χ1n) is 11.8. The Kier molecular flexibility index (Phi) is 7.62. The molecule has 2 fully saturated rings. The van der Waals surface area contributed by atoms with Crippen molar-refractivity contribution in [3.63, 3.8) is 0 Å². The molecule has 1 saturated heterocycles. The van der Waals surface area contributed by atoms with Crippen molar-refractivity contribution in [1.29, 1.82) is 0 Å². The summed E-state index contributed by atoms with van der Waals surface area (Å²) in [6.45, 7) is 5.67. The van der Waals surface area contributed by atoms with Crippen LogP contribution < -0.4 is 5.32 Å². The van der Waals surface area contributed by atoms with Crippen LogP contribution in [0.3, 0.4) is 0 Å². The van der Waals surface area contributed by atoms with Crippen LogP contribution in [0.15, 0.2) is 36.4 Å². The van der Waals surface area contributed by atoms with Gasteiger partial charge >= 0.3 is 0 Å². The van der Waals surface area contributed by atoms with E-state index in [0.717, 1.165) is 61.0 Å². The van der Waals surface area contributed by atoms with Crippen LogP contribution in [0.5, 0.6) is 0 Å². The first kappa shape index (κ1) is 22.3. The molecule has 166 valence electrons. The molecule has 1 aliphatic carbocycles. The van der Waals surface area contributed by atoms with E-state index in [0.29, 0.717) is 11.8 Å². The van der Waals surface area contributed by atoms with Crippen LogP contribution in [-0.2, 0) is 6.54 Å². The Bertz CT molecular complexity index is 886. The maximum Gasteiger partial charge on any atom is 0.253 e. The van der Waals surface area contributed by atoms with E-state index in [2.05, 4.69) is 16.3 Å². The van der Waals surface area contributed by atoms with E-state index < -0.39 is 0 Å². The van der Waals surface area contributed by atoms with Crippen molar-refractivity contribution in [2.75, 3.05) is 19.6 Å². The minimum Gasteiger partial charge on any atom is -0.352 e. The second-order valence-electron chi connectivity index (χ2n) is 9.24. The van der Waals surface area contributed by atoms with E-state index in [1.54, 1.807) is 0 Å². The van der Waals surface area contributed by atoms with E-state index in [-0.39, 0.29) is 5.91 Å². The maximum atomic E-state index is 13.0. The Labute approximate surface area is 191 Å². The summed E-state index contributed by atoms with van der Waals surface area (Å²) < 4.78 is 0. The highest BCUT2D eigenvalue weighted by molar-refractivity contribution is 6.31. The lowest BCUT2D eigenvalue weighted by atomic mass is 9.88. The first-order valence-corrected chi connectivity index (χ1v) is 12.2. The lowest BCUT2D eigenvalue weighted by Gasteiger charge is -2.32. The van der Waals surface area contributed by atoms with Gasteiger partial charge in [0.15, 0.2) is 0 Å². The van der Waals surface area contributed by atoms with Gasteiger partial charge in [-0.3, -0.25) is 14.7 Å². The number of hydrogen-bond acceptors (Lipinski definition) is 3. The monoisotopic (exact) mass is 439 g/mol. The number of aryl methyl sites for hydroxylation is 1. The van der Waals surface area contributed by atoms with Gasteiger partial charge in [-0.25, -0.2) is 0 Å². The van der Waals surface area contributed by atoms with Crippen molar-refractivity contribution in [2.24, 2.45) is 5.92 Å². The lowest BCUT2D eigenvalue weighted by Crippen LogP contribution is -2.35. The fourth-order valence-electron chi connectivity index (χ4n) is 5.04. The molecule has 0 radical (unpaired) electrons. The van der Waals surface area contributed by atoms with Crippen molar-refractivity contribution in [3.05, 3.63) is 63.9 Å². The number of pyridine rings is 1. The van der Waals surface area contributed by atoms with Gasteiger partial charge < -0.3 is 5.32 Å². The normalized spacial score (nSPS) is 18.8. The zero-order chi connectivity index (χ0) is 21.6. The molecular weight excluding hydrogens is 406 g/mol. The number of amides is 1. The van der Waals surface area contributed by atoms with Gasteiger partial charge in [-0.1, -0.05) is 49.1 Å². The second-order valence-corrected chi connectivity index (χ2v) is 9.65. The molecule has 31 heavy (non-hydrogen) atoms. The van der Waals surface area contributed by atoms with Gasteiger partial charge in [-0.2, -0.15) is 0 Å². The molecule has 1 saturated carbocycles. The minimum absolute atomic E-state index is 0.0478. The molecule has 5 heteroatoms. The zero-order valence-corrected chi connectivity index (χ0v) is 19.3.